The van der Waals surface area contributed by atoms with Gasteiger partial charge in [0.25, 0.3) is 15.9 Å². The highest BCUT2D eigenvalue weighted by Crippen LogP contribution is 2.43. The van der Waals surface area contributed by atoms with Crippen LogP contribution >= 0.6 is 23.4 Å². The number of allylic oxidation sites excluding steroid dienone is 1. The van der Waals surface area contributed by atoms with Crippen LogP contribution < -0.4 is 10.0 Å². The number of halogens is 1. The van der Waals surface area contributed by atoms with E-state index in [-0.39, 0.29) is 16.4 Å². The molecule has 0 saturated heterocycles. The van der Waals surface area contributed by atoms with Crippen molar-refractivity contribution in [2.24, 2.45) is 5.41 Å². The zero-order valence-corrected chi connectivity index (χ0v) is 35.7. The van der Waals surface area contributed by atoms with Gasteiger partial charge in [0.1, 0.15) is 0 Å². The Labute approximate surface area is 343 Å². The molecule has 1 aliphatic carbocycles. The molecule has 0 fully saturated rings. The maximum absolute atomic E-state index is 13.4. The quantitative estimate of drug-likeness (QED) is 0.116. The van der Waals surface area contributed by atoms with Gasteiger partial charge in [-0.2, -0.15) is 0 Å². The number of carbonyl (C=O) groups excluding carboxylic acids is 1. The molecule has 4 aromatic rings. The third-order valence-corrected chi connectivity index (χ3v) is 13.6. The van der Waals surface area contributed by atoms with Gasteiger partial charge in [-0.1, -0.05) is 79.6 Å². The second-order valence-corrected chi connectivity index (χ2v) is 19.4. The number of sulfonamides is 1. The van der Waals surface area contributed by atoms with Crippen molar-refractivity contribution in [1.29, 1.82) is 0 Å². The van der Waals surface area contributed by atoms with Crippen LogP contribution in [0.25, 0.3) is 11.1 Å². The monoisotopic (exact) mass is 810 g/mol. The van der Waals surface area contributed by atoms with Crippen LogP contribution in [-0.4, -0.2) is 76.2 Å². The predicted octanol–water partition coefficient (Wildman–Crippen LogP) is 10.0. The van der Waals surface area contributed by atoms with Gasteiger partial charge < -0.3 is 10.2 Å². The molecule has 6 rings (SSSR count). The van der Waals surface area contributed by atoms with E-state index in [1.165, 1.54) is 33.6 Å². The molecule has 56 heavy (non-hydrogen) atoms. The van der Waals surface area contributed by atoms with E-state index in [2.05, 4.69) is 78.1 Å². The molecule has 0 saturated carbocycles. The molecule has 1 amide bonds. The standard InChI is InChI=1S/C46H55ClN4O3S2/c1-33-29-42(19-20-44(33)48-40(24-26-50(4)5)32-55-41-9-7-6-8-10-41)56(53,54)49-45(52)37-13-11-34(12-14-37)35-22-27-51(28-23-35)31-38-30-46(2,3)25-21-43(38)36-15-17-39(47)18-16-36/h6-20,22,29,40,48H,21,23-28,30-32H2,1-5H3,(H,49,52)/t40-/m1/s1. The molecular weight excluding hydrogens is 756 g/mol. The highest BCUT2D eigenvalue weighted by Gasteiger charge is 2.29. The van der Waals surface area contributed by atoms with Crippen molar-refractivity contribution < 1.29 is 13.2 Å². The average Bonchev–Trinajstić information content (AvgIpc) is 3.17. The lowest BCUT2D eigenvalue weighted by molar-refractivity contribution is 0.0981. The number of anilines is 1. The molecule has 1 heterocycles. The van der Waals surface area contributed by atoms with Gasteiger partial charge in [-0.3, -0.25) is 9.69 Å². The van der Waals surface area contributed by atoms with Gasteiger partial charge in [0.05, 0.1) is 4.90 Å². The minimum Gasteiger partial charge on any atom is -0.381 e. The van der Waals surface area contributed by atoms with Gasteiger partial charge in [0.15, 0.2) is 0 Å². The minimum atomic E-state index is -4.09. The molecule has 0 aromatic heterocycles. The van der Waals surface area contributed by atoms with Crippen LogP contribution in [0.4, 0.5) is 5.69 Å². The summed E-state index contributed by atoms with van der Waals surface area (Å²) in [4.78, 5) is 19.2. The topological polar surface area (TPSA) is 81.8 Å². The summed E-state index contributed by atoms with van der Waals surface area (Å²) in [5, 5.41) is 4.40. The number of amides is 1. The van der Waals surface area contributed by atoms with E-state index in [4.69, 9.17) is 11.6 Å². The van der Waals surface area contributed by atoms with Crippen molar-refractivity contribution in [2.75, 3.05) is 51.3 Å². The van der Waals surface area contributed by atoms with Crippen LogP contribution in [0.15, 0.2) is 119 Å². The second-order valence-electron chi connectivity index (χ2n) is 16.2. The maximum atomic E-state index is 13.4. The summed E-state index contributed by atoms with van der Waals surface area (Å²) in [6.45, 7) is 10.3. The summed E-state index contributed by atoms with van der Waals surface area (Å²) in [5.41, 5.74) is 8.80. The predicted molar refractivity (Wildman–Crippen MR) is 235 cm³/mol. The van der Waals surface area contributed by atoms with Crippen LogP contribution in [0.5, 0.6) is 0 Å². The lowest BCUT2D eigenvalue weighted by atomic mass is 9.72. The van der Waals surface area contributed by atoms with Crippen molar-refractivity contribution in [1.82, 2.24) is 14.5 Å². The van der Waals surface area contributed by atoms with E-state index < -0.39 is 15.9 Å². The van der Waals surface area contributed by atoms with Gasteiger partial charge in [-0.15, -0.1) is 11.8 Å². The number of hydrogen-bond donors (Lipinski definition) is 2. The Morgan fingerprint density at radius 2 is 1.66 bits per heavy atom. The Morgan fingerprint density at radius 1 is 0.946 bits per heavy atom. The maximum Gasteiger partial charge on any atom is 0.264 e. The normalized spacial score (nSPS) is 16.7. The van der Waals surface area contributed by atoms with Crippen molar-refractivity contribution in [3.63, 3.8) is 0 Å². The fraction of sp³-hybridized carbons (Fsp3) is 0.370. The van der Waals surface area contributed by atoms with Crippen molar-refractivity contribution in [2.45, 2.75) is 68.7 Å². The number of carbonyl (C=O) groups is 1. The van der Waals surface area contributed by atoms with E-state index in [9.17, 15) is 13.2 Å². The van der Waals surface area contributed by atoms with Crippen LogP contribution in [0.3, 0.4) is 0 Å². The van der Waals surface area contributed by atoms with Crippen LogP contribution in [-0.2, 0) is 10.0 Å². The van der Waals surface area contributed by atoms with Gasteiger partial charge >= 0.3 is 0 Å². The number of nitrogens with one attached hydrogen (secondary N) is 2. The minimum absolute atomic E-state index is 0.0544. The average molecular weight is 812 g/mol. The lowest BCUT2D eigenvalue weighted by Gasteiger charge is -2.36. The first-order valence-corrected chi connectivity index (χ1v) is 22.3. The van der Waals surface area contributed by atoms with Crippen molar-refractivity contribution >= 4 is 56.1 Å². The van der Waals surface area contributed by atoms with E-state index in [0.29, 0.717) is 5.56 Å². The summed E-state index contributed by atoms with van der Waals surface area (Å²) in [5.74, 6) is 0.216. The van der Waals surface area contributed by atoms with E-state index in [0.717, 1.165) is 79.5 Å². The molecule has 2 aliphatic rings. The highest BCUT2D eigenvalue weighted by atomic mass is 35.5. The Morgan fingerprint density at radius 3 is 2.32 bits per heavy atom. The lowest BCUT2D eigenvalue weighted by Crippen LogP contribution is -2.33. The second kappa shape index (κ2) is 18.6. The molecule has 10 heteroatoms. The fourth-order valence-corrected chi connectivity index (χ4v) is 9.71. The van der Waals surface area contributed by atoms with Gasteiger partial charge in [0.2, 0.25) is 0 Å². The third kappa shape index (κ3) is 11.4. The molecular formula is C46H55ClN4O3S2. The van der Waals surface area contributed by atoms with Crippen LogP contribution in [0.2, 0.25) is 5.02 Å². The molecule has 0 bridgehead atoms. The van der Waals surface area contributed by atoms with E-state index >= 15 is 0 Å². The largest absolute Gasteiger partial charge is 0.381 e. The first kappa shape index (κ1) is 41.8. The molecule has 1 aliphatic heterocycles. The Bertz CT molecular complexity index is 2150. The fourth-order valence-electron chi connectivity index (χ4n) is 7.54. The Balaban J connectivity index is 1.06. The van der Waals surface area contributed by atoms with Crippen molar-refractivity contribution in [3.8, 4) is 0 Å². The molecule has 0 unspecified atom stereocenters. The smallest absolute Gasteiger partial charge is 0.264 e. The third-order valence-electron chi connectivity index (χ3n) is 10.8. The van der Waals surface area contributed by atoms with Crippen LogP contribution in [0, 0.1) is 12.3 Å². The molecule has 0 spiro atoms. The highest BCUT2D eigenvalue weighted by molar-refractivity contribution is 7.99. The van der Waals surface area contributed by atoms with E-state index in [1.807, 2.05) is 49.4 Å². The van der Waals surface area contributed by atoms with Gasteiger partial charge in [0, 0.05) is 52.6 Å². The Hall–Kier alpha value is -3.86. The number of rotatable bonds is 15. The molecule has 1 atom stereocenters. The van der Waals surface area contributed by atoms with E-state index in [1.54, 1.807) is 42.1 Å². The zero-order valence-electron chi connectivity index (χ0n) is 33.3. The zero-order chi connectivity index (χ0) is 39.9. The van der Waals surface area contributed by atoms with Gasteiger partial charge in [-0.25, -0.2) is 13.1 Å². The first-order valence-electron chi connectivity index (χ1n) is 19.5. The number of benzene rings is 4. The Kier molecular flexibility index (Phi) is 13.9. The van der Waals surface area contributed by atoms with Gasteiger partial charge in [-0.05, 0) is 148 Å². The summed E-state index contributed by atoms with van der Waals surface area (Å²) in [7, 11) is 0.0361. The molecule has 7 nitrogen and oxygen atoms in total. The summed E-state index contributed by atoms with van der Waals surface area (Å²) >= 11 is 8.00. The van der Waals surface area contributed by atoms with Crippen molar-refractivity contribution in [3.05, 3.63) is 136 Å². The summed E-state index contributed by atoms with van der Waals surface area (Å²) < 4.78 is 29.1. The molecule has 296 valence electrons. The SMILES string of the molecule is Cc1cc(S(=O)(=O)NC(=O)c2ccc(C3=CCN(CC4=C(c5ccc(Cl)cc5)CCC(C)(C)C4)CC3)cc2)ccc1N[C@H](CCN(C)C)CSc1ccccc1. The summed E-state index contributed by atoms with van der Waals surface area (Å²) in [6, 6.07) is 31.0. The number of aryl methyl sites for hydroxylation is 1. The molecule has 0 radical (unpaired) electrons. The number of hydrogen-bond acceptors (Lipinski definition) is 7. The first-order chi connectivity index (χ1) is 26.7. The molecule has 2 N–H and O–H groups in total. The molecule has 4 aromatic carbocycles. The number of nitrogens with zero attached hydrogens (tertiary/aromatic N) is 2. The van der Waals surface area contributed by atoms with Crippen LogP contribution in [0.1, 0.15) is 73.0 Å². The summed E-state index contributed by atoms with van der Waals surface area (Å²) in [6.07, 6.45) is 7.46. The number of thioether (sulfide) groups is 1.